The number of likely N-dealkylation sites (tertiary alicyclic amines) is 1. The summed E-state index contributed by atoms with van der Waals surface area (Å²) < 4.78 is 5.00. The number of carbonyl (C=O) groups excluding carboxylic acids is 1. The maximum absolute atomic E-state index is 12.3. The van der Waals surface area contributed by atoms with Crippen molar-refractivity contribution in [2.75, 3.05) is 25.5 Å². The molecular formula is C16H18N4O2. The van der Waals surface area contributed by atoms with Crippen molar-refractivity contribution in [2.45, 2.75) is 12.3 Å². The number of aromatic nitrogens is 2. The average molecular weight is 298 g/mol. The normalized spacial score (nSPS) is 17.3. The van der Waals surface area contributed by atoms with Crippen LogP contribution in [0.5, 0.6) is 5.88 Å². The van der Waals surface area contributed by atoms with Gasteiger partial charge in [0.1, 0.15) is 0 Å². The molecule has 1 atom stereocenters. The Hall–Kier alpha value is -2.63. The molecule has 0 saturated carbocycles. The second-order valence-electron chi connectivity index (χ2n) is 5.24. The van der Waals surface area contributed by atoms with Gasteiger partial charge in [0, 0.05) is 37.5 Å². The van der Waals surface area contributed by atoms with E-state index in [-0.39, 0.29) is 6.03 Å². The molecule has 6 heteroatoms. The van der Waals surface area contributed by atoms with Crippen molar-refractivity contribution < 1.29 is 9.53 Å². The van der Waals surface area contributed by atoms with E-state index >= 15 is 0 Å². The first-order chi connectivity index (χ1) is 10.8. The number of amides is 2. The van der Waals surface area contributed by atoms with Gasteiger partial charge in [0.25, 0.3) is 0 Å². The fourth-order valence-corrected chi connectivity index (χ4v) is 2.61. The zero-order chi connectivity index (χ0) is 15.4. The molecule has 1 aliphatic rings. The third kappa shape index (κ3) is 3.16. The zero-order valence-electron chi connectivity index (χ0n) is 12.4. The van der Waals surface area contributed by atoms with Crippen molar-refractivity contribution >= 4 is 11.7 Å². The molecule has 0 bridgehead atoms. The highest BCUT2D eigenvalue weighted by Crippen LogP contribution is 2.26. The number of carbonyl (C=O) groups is 1. The number of hydrogen-bond acceptors (Lipinski definition) is 4. The molecule has 1 aliphatic heterocycles. The van der Waals surface area contributed by atoms with Gasteiger partial charge in [-0.2, -0.15) is 0 Å². The van der Waals surface area contributed by atoms with Gasteiger partial charge in [-0.1, -0.05) is 6.07 Å². The predicted molar refractivity (Wildman–Crippen MR) is 83.0 cm³/mol. The van der Waals surface area contributed by atoms with E-state index in [1.807, 2.05) is 17.2 Å². The molecule has 3 heterocycles. The monoisotopic (exact) mass is 298 g/mol. The first-order valence-electron chi connectivity index (χ1n) is 7.22. The van der Waals surface area contributed by atoms with Crippen LogP contribution >= 0.6 is 0 Å². The van der Waals surface area contributed by atoms with Crippen molar-refractivity contribution in [1.29, 1.82) is 0 Å². The van der Waals surface area contributed by atoms with E-state index in [0.717, 1.165) is 13.0 Å². The van der Waals surface area contributed by atoms with Crippen molar-refractivity contribution in [1.82, 2.24) is 14.9 Å². The maximum atomic E-state index is 12.3. The first-order valence-corrected chi connectivity index (χ1v) is 7.22. The van der Waals surface area contributed by atoms with Crippen LogP contribution in [0.1, 0.15) is 17.9 Å². The highest BCUT2D eigenvalue weighted by Gasteiger charge is 2.27. The Bertz CT molecular complexity index is 630. The molecule has 2 aromatic rings. The summed E-state index contributed by atoms with van der Waals surface area (Å²) in [5.74, 6) is 0.879. The first kappa shape index (κ1) is 14.3. The molecule has 3 rings (SSSR count). The summed E-state index contributed by atoms with van der Waals surface area (Å²) in [5, 5.41) is 2.86. The van der Waals surface area contributed by atoms with E-state index in [4.69, 9.17) is 4.74 Å². The number of hydrogen-bond donors (Lipinski definition) is 1. The molecule has 0 aliphatic carbocycles. The molecule has 1 unspecified atom stereocenters. The van der Waals surface area contributed by atoms with Gasteiger partial charge in [-0.3, -0.25) is 4.98 Å². The number of ether oxygens (including phenoxy) is 1. The van der Waals surface area contributed by atoms with Crippen LogP contribution in [-0.4, -0.2) is 41.1 Å². The van der Waals surface area contributed by atoms with Crippen molar-refractivity contribution in [3.8, 4) is 5.88 Å². The van der Waals surface area contributed by atoms with E-state index in [1.165, 1.54) is 5.56 Å². The summed E-state index contributed by atoms with van der Waals surface area (Å²) in [4.78, 5) is 22.3. The van der Waals surface area contributed by atoms with E-state index in [1.54, 1.807) is 31.6 Å². The smallest absolute Gasteiger partial charge is 0.321 e. The summed E-state index contributed by atoms with van der Waals surface area (Å²) in [7, 11) is 1.56. The van der Waals surface area contributed by atoms with Gasteiger partial charge in [-0.25, -0.2) is 9.78 Å². The lowest BCUT2D eigenvalue weighted by Gasteiger charge is -2.17. The fourth-order valence-electron chi connectivity index (χ4n) is 2.61. The highest BCUT2D eigenvalue weighted by atomic mass is 16.5. The van der Waals surface area contributed by atoms with E-state index in [9.17, 15) is 4.79 Å². The summed E-state index contributed by atoms with van der Waals surface area (Å²) in [6.45, 7) is 1.45. The molecule has 22 heavy (non-hydrogen) atoms. The largest absolute Gasteiger partial charge is 0.481 e. The molecule has 1 saturated heterocycles. The number of anilines is 1. The lowest BCUT2D eigenvalue weighted by molar-refractivity contribution is 0.222. The lowest BCUT2D eigenvalue weighted by Crippen LogP contribution is -2.32. The van der Waals surface area contributed by atoms with Crippen LogP contribution in [0.2, 0.25) is 0 Å². The Balaban J connectivity index is 1.59. The van der Waals surface area contributed by atoms with Gasteiger partial charge < -0.3 is 15.0 Å². The van der Waals surface area contributed by atoms with Crippen LogP contribution in [0.4, 0.5) is 10.5 Å². The molecule has 0 radical (unpaired) electrons. The quantitative estimate of drug-likeness (QED) is 0.945. The minimum atomic E-state index is -0.0987. The number of pyridine rings is 2. The molecule has 6 nitrogen and oxygen atoms in total. The SMILES string of the molecule is COc1ccc(NC(=O)N2CCC(c3cccnc3)C2)cn1. The summed E-state index contributed by atoms with van der Waals surface area (Å²) in [5.41, 5.74) is 1.85. The van der Waals surface area contributed by atoms with Gasteiger partial charge in [-0.15, -0.1) is 0 Å². The van der Waals surface area contributed by atoms with Crippen molar-refractivity contribution in [3.63, 3.8) is 0 Å². The topological polar surface area (TPSA) is 67.3 Å². The second-order valence-corrected chi connectivity index (χ2v) is 5.24. The Kier molecular flexibility index (Phi) is 4.18. The molecule has 0 aromatic carbocycles. The summed E-state index contributed by atoms with van der Waals surface area (Å²) in [6, 6.07) is 7.39. The van der Waals surface area contributed by atoms with Crippen LogP contribution in [0.3, 0.4) is 0 Å². The van der Waals surface area contributed by atoms with E-state index < -0.39 is 0 Å². The zero-order valence-corrected chi connectivity index (χ0v) is 12.4. The third-order valence-corrected chi connectivity index (χ3v) is 3.83. The average Bonchev–Trinajstić information content (AvgIpc) is 3.06. The van der Waals surface area contributed by atoms with E-state index in [2.05, 4.69) is 21.4 Å². The molecule has 1 fully saturated rings. The number of nitrogens with one attached hydrogen (secondary N) is 1. The highest BCUT2D eigenvalue weighted by molar-refractivity contribution is 5.89. The maximum Gasteiger partial charge on any atom is 0.321 e. The van der Waals surface area contributed by atoms with Crippen LogP contribution in [0.25, 0.3) is 0 Å². The summed E-state index contributed by atoms with van der Waals surface area (Å²) in [6.07, 6.45) is 6.18. The molecular weight excluding hydrogens is 280 g/mol. The minimum absolute atomic E-state index is 0.0987. The number of rotatable bonds is 3. The molecule has 2 amide bonds. The third-order valence-electron chi connectivity index (χ3n) is 3.83. The van der Waals surface area contributed by atoms with Gasteiger partial charge in [0.05, 0.1) is 19.0 Å². The predicted octanol–water partition coefficient (Wildman–Crippen LogP) is 2.51. The Morgan fingerprint density at radius 2 is 2.27 bits per heavy atom. The Labute approximate surface area is 129 Å². The minimum Gasteiger partial charge on any atom is -0.481 e. The standard InChI is InChI=1S/C16H18N4O2/c1-22-15-5-4-14(10-18-15)19-16(21)20-8-6-13(11-20)12-3-2-7-17-9-12/h2-5,7,9-10,13H,6,8,11H2,1H3,(H,19,21). The number of nitrogens with zero attached hydrogens (tertiary/aromatic N) is 3. The molecule has 1 N–H and O–H groups in total. The summed E-state index contributed by atoms with van der Waals surface area (Å²) >= 11 is 0. The molecule has 2 aromatic heterocycles. The van der Waals surface area contributed by atoms with Gasteiger partial charge in [-0.05, 0) is 24.1 Å². The van der Waals surface area contributed by atoms with Gasteiger partial charge >= 0.3 is 6.03 Å². The van der Waals surface area contributed by atoms with Crippen molar-refractivity contribution in [2.24, 2.45) is 0 Å². The van der Waals surface area contributed by atoms with E-state index in [0.29, 0.717) is 24.0 Å². The van der Waals surface area contributed by atoms with Gasteiger partial charge in [0.2, 0.25) is 5.88 Å². The Morgan fingerprint density at radius 3 is 2.95 bits per heavy atom. The van der Waals surface area contributed by atoms with Crippen LogP contribution in [0.15, 0.2) is 42.9 Å². The molecule has 114 valence electrons. The number of urea groups is 1. The van der Waals surface area contributed by atoms with Crippen molar-refractivity contribution in [3.05, 3.63) is 48.4 Å². The van der Waals surface area contributed by atoms with Crippen LogP contribution in [-0.2, 0) is 0 Å². The Morgan fingerprint density at radius 1 is 1.36 bits per heavy atom. The van der Waals surface area contributed by atoms with Crippen LogP contribution in [0, 0.1) is 0 Å². The molecule has 0 spiro atoms. The van der Waals surface area contributed by atoms with Gasteiger partial charge in [0.15, 0.2) is 0 Å². The fraction of sp³-hybridized carbons (Fsp3) is 0.312. The lowest BCUT2D eigenvalue weighted by atomic mass is 10.0. The second kappa shape index (κ2) is 6.43. The number of methoxy groups -OCH3 is 1. The van der Waals surface area contributed by atoms with Crippen LogP contribution < -0.4 is 10.1 Å².